The van der Waals surface area contributed by atoms with Crippen LogP contribution >= 0.6 is 11.3 Å². The molecule has 2 aromatic carbocycles. The minimum Gasteiger partial charge on any atom is -0.329 e. The summed E-state index contributed by atoms with van der Waals surface area (Å²) in [5.74, 6) is -0.536. The molecule has 0 bridgehead atoms. The lowest BCUT2D eigenvalue weighted by Crippen LogP contribution is -2.39. The SMILES string of the molecule is O=C(Cc1ccc(-c2ccccc2)cc1)N(Cc1ccsc1)CC(F)(F)F. The van der Waals surface area contributed by atoms with E-state index in [1.807, 2.05) is 42.5 Å². The maximum absolute atomic E-state index is 12.9. The zero-order valence-corrected chi connectivity index (χ0v) is 15.3. The van der Waals surface area contributed by atoms with Crippen LogP contribution in [0.1, 0.15) is 11.1 Å². The molecule has 1 amide bonds. The molecule has 3 rings (SSSR count). The van der Waals surface area contributed by atoms with Crippen molar-refractivity contribution in [3.05, 3.63) is 82.6 Å². The lowest BCUT2D eigenvalue weighted by atomic mass is 10.0. The quantitative estimate of drug-likeness (QED) is 0.541. The Morgan fingerprint density at radius 1 is 0.889 bits per heavy atom. The number of alkyl halides is 3. The van der Waals surface area contributed by atoms with Crippen LogP contribution in [0, 0.1) is 0 Å². The standard InChI is InChI=1S/C21H18F3NOS/c22-21(23,24)15-25(13-17-10-11-27-14-17)20(26)12-16-6-8-19(9-7-16)18-4-2-1-3-5-18/h1-11,14H,12-13,15H2. The lowest BCUT2D eigenvalue weighted by molar-refractivity contribution is -0.162. The Balaban J connectivity index is 1.70. The average Bonchev–Trinajstić information content (AvgIpc) is 3.14. The van der Waals surface area contributed by atoms with Crippen molar-refractivity contribution >= 4 is 17.2 Å². The molecule has 0 saturated carbocycles. The van der Waals surface area contributed by atoms with Gasteiger partial charge in [0.25, 0.3) is 0 Å². The third-order valence-electron chi connectivity index (χ3n) is 4.09. The summed E-state index contributed by atoms with van der Waals surface area (Å²) in [6, 6.07) is 18.8. The summed E-state index contributed by atoms with van der Waals surface area (Å²) in [4.78, 5) is 13.4. The number of hydrogen-bond donors (Lipinski definition) is 0. The molecule has 0 spiro atoms. The number of benzene rings is 2. The topological polar surface area (TPSA) is 20.3 Å². The molecule has 27 heavy (non-hydrogen) atoms. The first-order valence-corrected chi connectivity index (χ1v) is 9.35. The number of halogens is 3. The molecule has 0 N–H and O–H groups in total. The van der Waals surface area contributed by atoms with E-state index in [-0.39, 0.29) is 13.0 Å². The Labute approximate surface area is 159 Å². The molecule has 0 aliphatic heterocycles. The van der Waals surface area contributed by atoms with Gasteiger partial charge in [-0.25, -0.2) is 0 Å². The molecule has 140 valence electrons. The van der Waals surface area contributed by atoms with Crippen molar-refractivity contribution in [1.29, 1.82) is 0 Å². The zero-order valence-electron chi connectivity index (χ0n) is 14.4. The van der Waals surface area contributed by atoms with Gasteiger partial charge in [-0.3, -0.25) is 4.79 Å². The van der Waals surface area contributed by atoms with Gasteiger partial charge in [0.05, 0.1) is 6.42 Å². The van der Waals surface area contributed by atoms with Gasteiger partial charge in [-0.1, -0.05) is 54.6 Å². The highest BCUT2D eigenvalue weighted by atomic mass is 32.1. The number of carbonyl (C=O) groups excluding carboxylic acids is 1. The molecule has 0 unspecified atom stereocenters. The van der Waals surface area contributed by atoms with Crippen LogP contribution in [0.2, 0.25) is 0 Å². The Hall–Kier alpha value is -2.60. The van der Waals surface area contributed by atoms with E-state index in [1.165, 1.54) is 11.3 Å². The molecular formula is C21H18F3NOS. The molecule has 0 atom stereocenters. The molecule has 1 aromatic heterocycles. The van der Waals surface area contributed by atoms with Crippen LogP contribution in [0.25, 0.3) is 11.1 Å². The first-order valence-electron chi connectivity index (χ1n) is 8.41. The van der Waals surface area contributed by atoms with Gasteiger partial charge in [0, 0.05) is 6.54 Å². The second kappa shape index (κ2) is 8.39. The van der Waals surface area contributed by atoms with E-state index in [0.29, 0.717) is 11.1 Å². The van der Waals surface area contributed by atoms with Crippen LogP contribution in [-0.2, 0) is 17.8 Å². The first-order chi connectivity index (χ1) is 12.9. The predicted molar refractivity (Wildman–Crippen MR) is 101 cm³/mol. The van der Waals surface area contributed by atoms with Gasteiger partial charge in [-0.2, -0.15) is 24.5 Å². The molecule has 0 aliphatic rings. The first kappa shape index (κ1) is 19.2. The van der Waals surface area contributed by atoms with E-state index in [2.05, 4.69) is 0 Å². The summed E-state index contributed by atoms with van der Waals surface area (Å²) in [6.07, 6.45) is -4.49. The summed E-state index contributed by atoms with van der Waals surface area (Å²) < 4.78 is 38.6. The molecule has 6 heteroatoms. The molecule has 0 radical (unpaired) electrons. The van der Waals surface area contributed by atoms with Gasteiger partial charge in [0.2, 0.25) is 5.91 Å². The molecular weight excluding hydrogens is 371 g/mol. The fourth-order valence-electron chi connectivity index (χ4n) is 2.78. The Kier molecular flexibility index (Phi) is 5.96. The zero-order chi connectivity index (χ0) is 19.3. The lowest BCUT2D eigenvalue weighted by Gasteiger charge is -2.24. The summed E-state index contributed by atoms with van der Waals surface area (Å²) in [6.45, 7) is -1.28. The van der Waals surface area contributed by atoms with Gasteiger partial charge in [0.15, 0.2) is 0 Å². The highest BCUT2D eigenvalue weighted by Gasteiger charge is 2.33. The highest BCUT2D eigenvalue weighted by molar-refractivity contribution is 7.07. The molecule has 0 aliphatic carbocycles. The number of carbonyl (C=O) groups is 1. The van der Waals surface area contributed by atoms with Crippen molar-refractivity contribution in [3.63, 3.8) is 0 Å². The van der Waals surface area contributed by atoms with E-state index in [9.17, 15) is 18.0 Å². The molecule has 3 aromatic rings. The van der Waals surface area contributed by atoms with Gasteiger partial charge in [-0.15, -0.1) is 0 Å². The van der Waals surface area contributed by atoms with Crippen LogP contribution < -0.4 is 0 Å². The third-order valence-corrected chi connectivity index (χ3v) is 4.82. The number of rotatable bonds is 6. The van der Waals surface area contributed by atoms with E-state index in [0.717, 1.165) is 16.0 Å². The van der Waals surface area contributed by atoms with Crippen molar-refractivity contribution in [1.82, 2.24) is 4.90 Å². The van der Waals surface area contributed by atoms with Gasteiger partial charge in [-0.05, 0) is 39.1 Å². The molecule has 2 nitrogen and oxygen atoms in total. The van der Waals surface area contributed by atoms with E-state index < -0.39 is 18.6 Å². The van der Waals surface area contributed by atoms with E-state index in [4.69, 9.17) is 0 Å². The maximum Gasteiger partial charge on any atom is 0.406 e. The summed E-state index contributed by atoms with van der Waals surface area (Å²) in [5, 5.41) is 3.54. The minimum atomic E-state index is -4.43. The van der Waals surface area contributed by atoms with Gasteiger partial charge >= 0.3 is 6.18 Å². The van der Waals surface area contributed by atoms with Crippen molar-refractivity contribution < 1.29 is 18.0 Å². The number of amides is 1. The Bertz CT molecular complexity index is 859. The average molecular weight is 389 g/mol. The van der Waals surface area contributed by atoms with Crippen molar-refractivity contribution in [2.45, 2.75) is 19.1 Å². The molecule has 0 fully saturated rings. The van der Waals surface area contributed by atoms with Crippen molar-refractivity contribution in [2.24, 2.45) is 0 Å². The van der Waals surface area contributed by atoms with Gasteiger partial charge < -0.3 is 4.90 Å². The van der Waals surface area contributed by atoms with Crippen LogP contribution in [0.4, 0.5) is 13.2 Å². The van der Waals surface area contributed by atoms with Crippen LogP contribution in [0.15, 0.2) is 71.4 Å². The van der Waals surface area contributed by atoms with Crippen LogP contribution in [0.5, 0.6) is 0 Å². The predicted octanol–water partition coefficient (Wildman–Crippen LogP) is 5.55. The third kappa shape index (κ3) is 5.69. The summed E-state index contributed by atoms with van der Waals surface area (Å²) in [7, 11) is 0. The number of thiophene rings is 1. The highest BCUT2D eigenvalue weighted by Crippen LogP contribution is 2.22. The number of nitrogens with zero attached hydrogens (tertiary/aromatic N) is 1. The smallest absolute Gasteiger partial charge is 0.329 e. The second-order valence-corrected chi connectivity index (χ2v) is 7.02. The van der Waals surface area contributed by atoms with Crippen molar-refractivity contribution in [3.8, 4) is 11.1 Å². The minimum absolute atomic E-state index is 0.0378. The Morgan fingerprint density at radius 3 is 2.15 bits per heavy atom. The number of hydrogen-bond acceptors (Lipinski definition) is 2. The van der Waals surface area contributed by atoms with E-state index in [1.54, 1.807) is 29.0 Å². The van der Waals surface area contributed by atoms with E-state index >= 15 is 0 Å². The van der Waals surface area contributed by atoms with Crippen molar-refractivity contribution in [2.75, 3.05) is 6.54 Å². The maximum atomic E-state index is 12.9. The van der Waals surface area contributed by atoms with Gasteiger partial charge in [0.1, 0.15) is 6.54 Å². The normalized spacial score (nSPS) is 11.4. The largest absolute Gasteiger partial charge is 0.406 e. The second-order valence-electron chi connectivity index (χ2n) is 6.24. The molecule has 0 saturated heterocycles. The fourth-order valence-corrected chi connectivity index (χ4v) is 3.44. The summed E-state index contributed by atoms with van der Waals surface area (Å²) in [5.41, 5.74) is 3.44. The molecule has 1 heterocycles. The summed E-state index contributed by atoms with van der Waals surface area (Å²) >= 11 is 1.40. The Morgan fingerprint density at radius 2 is 1.56 bits per heavy atom. The monoisotopic (exact) mass is 389 g/mol. The fraction of sp³-hybridized carbons (Fsp3) is 0.190. The van der Waals surface area contributed by atoms with Crippen LogP contribution in [-0.4, -0.2) is 23.5 Å². The van der Waals surface area contributed by atoms with Crippen LogP contribution in [0.3, 0.4) is 0 Å².